The van der Waals surface area contributed by atoms with E-state index >= 15 is 0 Å². The van der Waals surface area contributed by atoms with Crippen LogP contribution in [0.4, 0.5) is 0 Å². The molecule has 9 nitrogen and oxygen atoms in total. The molecule has 0 spiro atoms. The van der Waals surface area contributed by atoms with E-state index in [1.807, 2.05) is 6.07 Å². The van der Waals surface area contributed by atoms with E-state index < -0.39 is 51.4 Å². The van der Waals surface area contributed by atoms with Gasteiger partial charge in [0, 0.05) is 29.5 Å². The maximum absolute atomic E-state index is 13.9. The van der Waals surface area contributed by atoms with Gasteiger partial charge in [0.2, 0.25) is 11.6 Å². The summed E-state index contributed by atoms with van der Waals surface area (Å²) in [5, 5.41) is 25.0. The van der Waals surface area contributed by atoms with Gasteiger partial charge in [-0.15, -0.1) is 0 Å². The van der Waals surface area contributed by atoms with E-state index in [0.29, 0.717) is 0 Å². The number of rotatable bonds is 6. The van der Waals surface area contributed by atoms with E-state index in [1.54, 1.807) is 48.5 Å². The number of benzene rings is 3. The van der Waals surface area contributed by atoms with Crippen molar-refractivity contribution in [2.24, 2.45) is 5.92 Å². The molecule has 3 N–H and O–H groups in total. The van der Waals surface area contributed by atoms with E-state index in [4.69, 9.17) is 8.83 Å². The van der Waals surface area contributed by atoms with Crippen molar-refractivity contribution in [3.63, 3.8) is 0 Å². The minimum Gasteiger partial charge on any atom is -0.506 e. The van der Waals surface area contributed by atoms with E-state index in [2.05, 4.69) is 5.32 Å². The van der Waals surface area contributed by atoms with E-state index in [9.17, 15) is 29.4 Å². The number of hydrogen-bond acceptors (Lipinski definition) is 9. The van der Waals surface area contributed by atoms with Gasteiger partial charge in [0.1, 0.15) is 22.7 Å². The lowest BCUT2D eigenvalue weighted by Gasteiger charge is -2.26. The second kappa shape index (κ2) is 10.1. The minimum atomic E-state index is -1.04. The van der Waals surface area contributed by atoms with Crippen molar-refractivity contribution in [3.05, 3.63) is 140 Å². The maximum atomic E-state index is 13.9. The molecule has 3 heterocycles. The van der Waals surface area contributed by atoms with Gasteiger partial charge in [0.05, 0.1) is 10.8 Å². The van der Waals surface area contributed by atoms with Crippen molar-refractivity contribution in [1.82, 2.24) is 5.32 Å². The third-order valence-corrected chi connectivity index (χ3v) is 7.06. The fourth-order valence-electron chi connectivity index (χ4n) is 5.06. The Balaban J connectivity index is 1.48. The van der Waals surface area contributed by atoms with Gasteiger partial charge >= 0.3 is 11.3 Å². The van der Waals surface area contributed by atoms with E-state index in [1.165, 1.54) is 36.7 Å². The Bertz CT molecular complexity index is 1920. The Hall–Kier alpha value is -5.70. The number of nitrogens with one attached hydrogen (secondary N) is 1. The van der Waals surface area contributed by atoms with Crippen LogP contribution in [0.25, 0.3) is 21.9 Å². The number of allylic oxidation sites excluding steroid dienone is 2. The molecule has 0 atom stereocenters. The van der Waals surface area contributed by atoms with Crippen molar-refractivity contribution in [3.8, 4) is 11.5 Å². The van der Waals surface area contributed by atoms with Crippen LogP contribution in [0.2, 0.25) is 0 Å². The highest BCUT2D eigenvalue weighted by atomic mass is 16.4. The van der Waals surface area contributed by atoms with Gasteiger partial charge in [-0.3, -0.25) is 9.59 Å². The fraction of sp³-hybridized carbons (Fsp3) is 0.0625. The molecule has 0 amide bonds. The molecule has 5 aromatic rings. The lowest BCUT2D eigenvalue weighted by molar-refractivity contribution is 0.1000. The summed E-state index contributed by atoms with van der Waals surface area (Å²) in [6.07, 6.45) is 2.80. The number of Topliss-reactive ketones (excluding diaryl/α,β-unsaturated/α-hetero) is 2. The van der Waals surface area contributed by atoms with Crippen LogP contribution >= 0.6 is 0 Å². The standard InChI is InChI=1S/C32H21NO8/c34-27-18-10-4-6-12-23(18)40-31(38)25(27)29(36)21-15-33-16-22(20(21)14-17-8-2-1-3-9-17)30(37)26-28(35)19-11-5-7-13-24(19)41-32(26)39/h1-13,15-16,20,33-35H,14H2. The number of dihydropyridines is 1. The summed E-state index contributed by atoms with van der Waals surface area (Å²) in [6.45, 7) is 0. The second-order valence-corrected chi connectivity index (χ2v) is 9.49. The van der Waals surface area contributed by atoms with Gasteiger partial charge in [-0.25, -0.2) is 9.59 Å². The van der Waals surface area contributed by atoms with Crippen LogP contribution in [0.1, 0.15) is 26.3 Å². The summed E-state index contributed by atoms with van der Waals surface area (Å²) in [7, 11) is 0. The average molecular weight is 548 g/mol. The Morgan fingerprint density at radius 3 is 1.59 bits per heavy atom. The van der Waals surface area contributed by atoms with E-state index in [-0.39, 0.29) is 39.5 Å². The van der Waals surface area contributed by atoms with Gasteiger partial charge in [-0.2, -0.15) is 0 Å². The first-order valence-corrected chi connectivity index (χ1v) is 12.6. The highest BCUT2D eigenvalue weighted by Gasteiger charge is 2.36. The van der Waals surface area contributed by atoms with Crippen molar-refractivity contribution in [2.75, 3.05) is 0 Å². The van der Waals surface area contributed by atoms with E-state index in [0.717, 1.165) is 5.56 Å². The summed E-state index contributed by atoms with van der Waals surface area (Å²) in [5.74, 6) is -3.78. The molecule has 0 radical (unpaired) electrons. The lowest BCUT2D eigenvalue weighted by Crippen LogP contribution is -2.31. The number of aromatic hydroxyl groups is 2. The topological polar surface area (TPSA) is 147 Å². The summed E-state index contributed by atoms with van der Waals surface area (Å²) in [5.41, 5.74) is -2.34. The third-order valence-electron chi connectivity index (χ3n) is 7.06. The van der Waals surface area contributed by atoms with Crippen LogP contribution in [0.5, 0.6) is 11.5 Å². The lowest BCUT2D eigenvalue weighted by atomic mass is 9.78. The third kappa shape index (κ3) is 4.39. The molecule has 0 bridgehead atoms. The number of ketones is 2. The number of hydrogen-bond donors (Lipinski definition) is 3. The van der Waals surface area contributed by atoms with Crippen molar-refractivity contribution < 1.29 is 28.6 Å². The fourth-order valence-corrected chi connectivity index (χ4v) is 5.06. The molecule has 0 fully saturated rings. The zero-order valence-corrected chi connectivity index (χ0v) is 21.3. The van der Waals surface area contributed by atoms with Crippen molar-refractivity contribution in [1.29, 1.82) is 0 Å². The van der Waals surface area contributed by atoms with Crippen LogP contribution in [-0.4, -0.2) is 21.8 Å². The highest BCUT2D eigenvalue weighted by Crippen LogP contribution is 2.36. The summed E-state index contributed by atoms with van der Waals surface area (Å²) in [4.78, 5) is 53.6. The van der Waals surface area contributed by atoms with Gasteiger partial charge in [-0.05, 0) is 36.2 Å². The largest absolute Gasteiger partial charge is 0.506 e. The van der Waals surface area contributed by atoms with Crippen LogP contribution < -0.4 is 16.6 Å². The van der Waals surface area contributed by atoms with Crippen molar-refractivity contribution >= 4 is 33.5 Å². The zero-order valence-electron chi connectivity index (χ0n) is 21.3. The molecule has 9 heteroatoms. The van der Waals surface area contributed by atoms with Gasteiger partial charge < -0.3 is 24.4 Å². The quantitative estimate of drug-likeness (QED) is 0.205. The number of carbonyl (C=O) groups is 2. The Labute approximate surface area is 231 Å². The van der Waals surface area contributed by atoms with Crippen LogP contribution in [-0.2, 0) is 6.42 Å². The predicted molar refractivity (Wildman–Crippen MR) is 150 cm³/mol. The number of para-hydroxylation sites is 2. The second-order valence-electron chi connectivity index (χ2n) is 9.49. The number of fused-ring (bicyclic) bond motifs is 2. The minimum absolute atomic E-state index is 0.0257. The normalized spacial score (nSPS) is 13.5. The van der Waals surface area contributed by atoms with Crippen LogP contribution in [0, 0.1) is 5.92 Å². The Morgan fingerprint density at radius 1 is 0.659 bits per heavy atom. The predicted octanol–water partition coefficient (Wildman–Crippen LogP) is 4.61. The molecule has 6 rings (SSSR count). The van der Waals surface area contributed by atoms with Gasteiger partial charge in [0.15, 0.2) is 11.1 Å². The molecule has 0 saturated carbocycles. The summed E-state index contributed by atoms with van der Waals surface area (Å²) < 4.78 is 10.6. The molecule has 3 aromatic carbocycles. The molecule has 202 valence electrons. The molecule has 0 aliphatic carbocycles. The molecule has 1 aliphatic heterocycles. The first-order valence-electron chi connectivity index (χ1n) is 12.6. The Morgan fingerprint density at radius 2 is 1.10 bits per heavy atom. The highest BCUT2D eigenvalue weighted by molar-refractivity contribution is 6.17. The molecular weight excluding hydrogens is 526 g/mol. The average Bonchev–Trinajstić information content (AvgIpc) is 2.97. The zero-order chi connectivity index (χ0) is 28.7. The monoisotopic (exact) mass is 547 g/mol. The first-order chi connectivity index (χ1) is 19.8. The molecular formula is C32H21NO8. The molecule has 0 saturated heterocycles. The molecule has 0 unspecified atom stereocenters. The van der Waals surface area contributed by atoms with Crippen LogP contribution in [0.3, 0.4) is 0 Å². The molecule has 41 heavy (non-hydrogen) atoms. The van der Waals surface area contributed by atoms with Gasteiger partial charge in [0.25, 0.3) is 0 Å². The van der Waals surface area contributed by atoms with Crippen LogP contribution in [0.15, 0.2) is 121 Å². The maximum Gasteiger partial charge on any atom is 0.351 e. The molecule has 2 aromatic heterocycles. The summed E-state index contributed by atoms with van der Waals surface area (Å²) >= 11 is 0. The van der Waals surface area contributed by atoms with Crippen molar-refractivity contribution in [2.45, 2.75) is 6.42 Å². The first kappa shape index (κ1) is 25.6. The number of carbonyl (C=O) groups excluding carboxylic acids is 2. The molecule has 1 aliphatic rings. The van der Waals surface area contributed by atoms with Gasteiger partial charge in [-0.1, -0.05) is 54.6 Å². The smallest absolute Gasteiger partial charge is 0.351 e. The Kier molecular flexibility index (Phi) is 6.31. The summed E-state index contributed by atoms with van der Waals surface area (Å²) in [6, 6.07) is 21.5. The SMILES string of the molecule is O=C(C1=CNC=C(C(=O)c2c(O)c3ccccc3oc2=O)C1Cc1ccccc1)c1c(O)c2ccccc2oc1=O.